The van der Waals surface area contributed by atoms with E-state index in [2.05, 4.69) is 25.7 Å². The average Bonchev–Trinajstić information content (AvgIpc) is 2.29. The third-order valence-electron chi connectivity index (χ3n) is 2.66. The van der Waals surface area contributed by atoms with Crippen molar-refractivity contribution in [1.82, 2.24) is 5.32 Å². The molecule has 88 valence electrons. The minimum atomic E-state index is -0.177. The summed E-state index contributed by atoms with van der Waals surface area (Å²) < 4.78 is 12.7. The van der Waals surface area contributed by atoms with Crippen LogP contribution in [-0.4, -0.2) is 12.6 Å². The fourth-order valence-electron chi connectivity index (χ4n) is 1.49. The fraction of sp³-hybridized carbons (Fsp3) is 0.429. The van der Waals surface area contributed by atoms with Crippen LogP contribution in [0.25, 0.3) is 0 Å². The van der Waals surface area contributed by atoms with Crippen LogP contribution in [0, 0.1) is 5.82 Å². The van der Waals surface area contributed by atoms with Crippen LogP contribution in [0.15, 0.2) is 36.4 Å². The molecule has 0 aromatic heterocycles. The molecule has 2 heteroatoms. The van der Waals surface area contributed by atoms with Gasteiger partial charge in [0.05, 0.1) is 0 Å². The van der Waals surface area contributed by atoms with E-state index in [-0.39, 0.29) is 5.82 Å². The van der Waals surface area contributed by atoms with Crippen LogP contribution < -0.4 is 5.32 Å². The third kappa shape index (κ3) is 4.58. The van der Waals surface area contributed by atoms with Gasteiger partial charge in [0.1, 0.15) is 5.82 Å². The Hall–Kier alpha value is -1.15. The Labute approximate surface area is 97.4 Å². The molecule has 0 saturated carbocycles. The summed E-state index contributed by atoms with van der Waals surface area (Å²) in [6.45, 7) is 9.05. The van der Waals surface area contributed by atoms with Gasteiger partial charge in [-0.3, -0.25) is 0 Å². The lowest BCUT2D eigenvalue weighted by Crippen LogP contribution is -2.29. The first-order chi connectivity index (χ1) is 7.61. The van der Waals surface area contributed by atoms with E-state index < -0.39 is 0 Å². The maximum atomic E-state index is 12.7. The summed E-state index contributed by atoms with van der Waals surface area (Å²) >= 11 is 0. The summed E-state index contributed by atoms with van der Waals surface area (Å²) in [4.78, 5) is 0. The van der Waals surface area contributed by atoms with Crippen molar-refractivity contribution < 1.29 is 4.39 Å². The number of benzene rings is 1. The van der Waals surface area contributed by atoms with Gasteiger partial charge in [0.25, 0.3) is 0 Å². The number of nitrogens with one attached hydrogen (secondary N) is 1. The van der Waals surface area contributed by atoms with Gasteiger partial charge in [0.15, 0.2) is 0 Å². The second-order valence-corrected chi connectivity index (χ2v) is 4.22. The quantitative estimate of drug-likeness (QED) is 0.727. The van der Waals surface area contributed by atoms with E-state index in [0.29, 0.717) is 6.04 Å². The van der Waals surface area contributed by atoms with Crippen molar-refractivity contribution in [2.24, 2.45) is 0 Å². The molecule has 0 bridgehead atoms. The monoisotopic (exact) mass is 221 g/mol. The van der Waals surface area contributed by atoms with E-state index in [0.717, 1.165) is 24.9 Å². The Balaban J connectivity index is 2.36. The molecule has 0 spiro atoms. The van der Waals surface area contributed by atoms with Crippen molar-refractivity contribution in [3.8, 4) is 0 Å². The van der Waals surface area contributed by atoms with Crippen molar-refractivity contribution in [3.63, 3.8) is 0 Å². The Bertz CT molecular complexity index is 329. The summed E-state index contributed by atoms with van der Waals surface area (Å²) in [6, 6.07) is 7.07. The van der Waals surface area contributed by atoms with Gasteiger partial charge in [0.2, 0.25) is 0 Å². The van der Waals surface area contributed by atoms with Gasteiger partial charge >= 0.3 is 0 Å². The highest BCUT2D eigenvalue weighted by atomic mass is 19.1. The maximum absolute atomic E-state index is 12.7. The summed E-state index contributed by atoms with van der Waals surface area (Å²) in [5.74, 6) is -0.177. The SMILES string of the molecule is C=C(CC)CNC(C)Cc1ccc(F)cc1. The number of hydrogen-bond acceptors (Lipinski definition) is 1. The summed E-state index contributed by atoms with van der Waals surface area (Å²) in [6.07, 6.45) is 1.92. The Kier molecular flexibility index (Phi) is 5.20. The molecule has 1 atom stereocenters. The lowest BCUT2D eigenvalue weighted by Gasteiger charge is -2.14. The van der Waals surface area contributed by atoms with E-state index in [1.165, 1.54) is 17.7 Å². The zero-order valence-corrected chi connectivity index (χ0v) is 10.1. The minimum Gasteiger partial charge on any atom is -0.310 e. The molecule has 0 radical (unpaired) electrons. The molecule has 0 amide bonds. The largest absolute Gasteiger partial charge is 0.310 e. The predicted molar refractivity (Wildman–Crippen MR) is 67.0 cm³/mol. The van der Waals surface area contributed by atoms with E-state index in [4.69, 9.17) is 0 Å². The molecule has 1 rings (SSSR count). The van der Waals surface area contributed by atoms with E-state index >= 15 is 0 Å². The predicted octanol–water partition coefficient (Wildman–Crippen LogP) is 3.31. The van der Waals surface area contributed by atoms with Gasteiger partial charge < -0.3 is 5.32 Å². The molecule has 1 aromatic carbocycles. The molecule has 0 fully saturated rings. The molecule has 1 aromatic rings. The highest BCUT2D eigenvalue weighted by Crippen LogP contribution is 2.06. The van der Waals surface area contributed by atoms with Gasteiger partial charge in [-0.1, -0.05) is 31.2 Å². The summed E-state index contributed by atoms with van der Waals surface area (Å²) in [5, 5.41) is 3.40. The molecule has 0 aliphatic carbocycles. The van der Waals surface area contributed by atoms with Crippen molar-refractivity contribution >= 4 is 0 Å². The van der Waals surface area contributed by atoms with Crippen LogP contribution in [0.1, 0.15) is 25.8 Å². The van der Waals surface area contributed by atoms with Gasteiger partial charge in [-0.2, -0.15) is 0 Å². The van der Waals surface area contributed by atoms with Crippen LogP contribution in [0.5, 0.6) is 0 Å². The Morgan fingerprint density at radius 1 is 1.38 bits per heavy atom. The zero-order chi connectivity index (χ0) is 12.0. The number of hydrogen-bond donors (Lipinski definition) is 1. The van der Waals surface area contributed by atoms with Crippen molar-refractivity contribution in [3.05, 3.63) is 47.8 Å². The second-order valence-electron chi connectivity index (χ2n) is 4.22. The van der Waals surface area contributed by atoms with E-state index in [1.807, 2.05) is 12.1 Å². The first-order valence-electron chi connectivity index (χ1n) is 5.76. The molecular weight excluding hydrogens is 201 g/mol. The first-order valence-corrected chi connectivity index (χ1v) is 5.76. The molecular formula is C14H20FN. The van der Waals surface area contributed by atoms with Crippen LogP contribution in [0.2, 0.25) is 0 Å². The van der Waals surface area contributed by atoms with E-state index in [9.17, 15) is 4.39 Å². The summed E-state index contributed by atoms with van der Waals surface area (Å²) in [5.41, 5.74) is 2.37. The van der Waals surface area contributed by atoms with E-state index in [1.54, 1.807) is 0 Å². The molecule has 0 heterocycles. The number of rotatable bonds is 6. The van der Waals surface area contributed by atoms with Gasteiger partial charge in [-0.15, -0.1) is 0 Å². The first kappa shape index (κ1) is 12.9. The van der Waals surface area contributed by atoms with Crippen LogP contribution >= 0.6 is 0 Å². The van der Waals surface area contributed by atoms with Crippen LogP contribution in [0.3, 0.4) is 0 Å². The Morgan fingerprint density at radius 2 is 2.00 bits per heavy atom. The lowest BCUT2D eigenvalue weighted by atomic mass is 10.1. The zero-order valence-electron chi connectivity index (χ0n) is 10.1. The van der Waals surface area contributed by atoms with Crippen LogP contribution in [-0.2, 0) is 6.42 Å². The van der Waals surface area contributed by atoms with Crippen molar-refractivity contribution in [2.75, 3.05) is 6.54 Å². The topological polar surface area (TPSA) is 12.0 Å². The smallest absolute Gasteiger partial charge is 0.123 e. The molecule has 0 aliphatic heterocycles. The lowest BCUT2D eigenvalue weighted by molar-refractivity contribution is 0.567. The van der Waals surface area contributed by atoms with Crippen molar-refractivity contribution in [2.45, 2.75) is 32.7 Å². The Morgan fingerprint density at radius 3 is 2.56 bits per heavy atom. The van der Waals surface area contributed by atoms with Crippen LogP contribution in [0.4, 0.5) is 4.39 Å². The molecule has 1 nitrogen and oxygen atoms in total. The molecule has 0 saturated heterocycles. The van der Waals surface area contributed by atoms with Crippen molar-refractivity contribution in [1.29, 1.82) is 0 Å². The molecule has 1 unspecified atom stereocenters. The highest BCUT2D eigenvalue weighted by Gasteiger charge is 2.03. The normalized spacial score (nSPS) is 12.4. The van der Waals surface area contributed by atoms with Gasteiger partial charge in [-0.25, -0.2) is 4.39 Å². The minimum absolute atomic E-state index is 0.177. The average molecular weight is 221 g/mol. The van der Waals surface area contributed by atoms with Gasteiger partial charge in [-0.05, 0) is 37.5 Å². The third-order valence-corrected chi connectivity index (χ3v) is 2.66. The maximum Gasteiger partial charge on any atom is 0.123 e. The highest BCUT2D eigenvalue weighted by molar-refractivity contribution is 5.17. The second kappa shape index (κ2) is 6.44. The summed E-state index contributed by atoms with van der Waals surface area (Å²) in [7, 11) is 0. The fourth-order valence-corrected chi connectivity index (χ4v) is 1.49. The molecule has 0 aliphatic rings. The molecule has 1 N–H and O–H groups in total. The van der Waals surface area contributed by atoms with Gasteiger partial charge in [0, 0.05) is 12.6 Å². The molecule has 16 heavy (non-hydrogen) atoms. The standard InChI is InChI=1S/C14H20FN/c1-4-11(2)10-16-12(3)9-13-5-7-14(15)8-6-13/h5-8,12,16H,2,4,9-10H2,1,3H3. The number of halogens is 1.